The average molecular weight is 245 g/mol. The molecule has 2 fully saturated rings. The molecular weight excluding hydrogens is 230 g/mol. The Morgan fingerprint density at radius 1 is 1.24 bits per heavy atom. The number of hydrogen-bond acceptors (Lipinski definition) is 6. The lowest BCUT2D eigenvalue weighted by molar-refractivity contribution is -0.120. The van der Waals surface area contributed by atoms with Gasteiger partial charge in [-0.15, -0.1) is 0 Å². The van der Waals surface area contributed by atoms with Crippen molar-refractivity contribution in [1.82, 2.24) is 5.32 Å². The predicted octanol–water partition coefficient (Wildman–Crippen LogP) is -0.560. The highest BCUT2D eigenvalue weighted by Crippen LogP contribution is 2.29. The molecule has 2 saturated heterocycles. The summed E-state index contributed by atoms with van der Waals surface area (Å²) in [6, 6.07) is -0.191. The molecule has 0 aromatic heterocycles. The molecule has 1 N–H and O–H groups in total. The lowest BCUT2D eigenvalue weighted by Crippen LogP contribution is -2.43. The van der Waals surface area contributed by atoms with E-state index in [-0.39, 0.29) is 30.8 Å². The fourth-order valence-electron chi connectivity index (χ4n) is 2.12. The van der Waals surface area contributed by atoms with Crippen molar-refractivity contribution in [2.75, 3.05) is 20.3 Å². The predicted molar refractivity (Wildman–Crippen MR) is 54.4 cm³/mol. The quantitative estimate of drug-likeness (QED) is 0.657. The second-order valence-electron chi connectivity index (χ2n) is 4.01. The number of carbonyl (C=O) groups is 2. The molecule has 2 aliphatic heterocycles. The first-order valence-corrected chi connectivity index (χ1v) is 5.36. The zero-order valence-electron chi connectivity index (χ0n) is 9.67. The molecule has 2 aliphatic rings. The minimum atomic E-state index is -0.758. The number of amides is 1. The first-order chi connectivity index (χ1) is 8.11. The van der Waals surface area contributed by atoms with Crippen LogP contribution in [0.4, 0.5) is 4.79 Å². The number of hydrogen-bond donors (Lipinski definition) is 1. The molecular formula is C10H15NO6. The molecule has 0 bridgehead atoms. The van der Waals surface area contributed by atoms with Gasteiger partial charge in [-0.1, -0.05) is 0 Å². The number of methoxy groups -OCH3 is 1. The molecule has 0 aliphatic carbocycles. The number of nitrogens with one attached hydrogen (secondary N) is 1. The summed E-state index contributed by atoms with van der Waals surface area (Å²) >= 11 is 0. The largest absolute Gasteiger partial charge is 0.508 e. The maximum atomic E-state index is 11.0. The van der Waals surface area contributed by atoms with E-state index in [0.29, 0.717) is 6.61 Å². The van der Waals surface area contributed by atoms with E-state index >= 15 is 0 Å². The van der Waals surface area contributed by atoms with Crippen molar-refractivity contribution in [2.45, 2.75) is 31.3 Å². The molecule has 1 amide bonds. The number of rotatable bonds is 2. The van der Waals surface area contributed by atoms with Gasteiger partial charge in [0.15, 0.2) is 6.10 Å². The molecule has 7 nitrogen and oxygen atoms in total. The third-order valence-corrected chi connectivity index (χ3v) is 2.81. The van der Waals surface area contributed by atoms with Gasteiger partial charge in [0.1, 0.15) is 12.2 Å². The van der Waals surface area contributed by atoms with E-state index in [1.807, 2.05) is 0 Å². The van der Waals surface area contributed by atoms with Crippen molar-refractivity contribution in [3.8, 4) is 0 Å². The number of carbonyl (C=O) groups excluding carboxylic acids is 2. The fraction of sp³-hybridized carbons (Fsp3) is 0.800. The van der Waals surface area contributed by atoms with Gasteiger partial charge in [0.05, 0.1) is 26.4 Å². The van der Waals surface area contributed by atoms with Gasteiger partial charge in [0.25, 0.3) is 0 Å². The van der Waals surface area contributed by atoms with Crippen LogP contribution >= 0.6 is 0 Å². The van der Waals surface area contributed by atoms with Crippen LogP contribution < -0.4 is 5.32 Å². The highest BCUT2D eigenvalue weighted by Gasteiger charge is 2.49. The Kier molecular flexibility index (Phi) is 3.49. The lowest BCUT2D eigenvalue weighted by Gasteiger charge is -2.16. The summed E-state index contributed by atoms with van der Waals surface area (Å²) in [7, 11) is 1.24. The van der Waals surface area contributed by atoms with Crippen LogP contribution in [0.25, 0.3) is 0 Å². The van der Waals surface area contributed by atoms with Crippen molar-refractivity contribution in [3.05, 3.63) is 0 Å². The van der Waals surface area contributed by atoms with Crippen LogP contribution in [-0.4, -0.2) is 56.7 Å². The van der Waals surface area contributed by atoms with Gasteiger partial charge in [-0.25, -0.2) is 4.79 Å². The maximum Gasteiger partial charge on any atom is 0.508 e. The van der Waals surface area contributed by atoms with E-state index in [2.05, 4.69) is 10.1 Å². The molecule has 0 aromatic rings. The summed E-state index contributed by atoms with van der Waals surface area (Å²) < 4.78 is 20.4. The third kappa shape index (κ3) is 2.50. The monoisotopic (exact) mass is 245 g/mol. The lowest BCUT2D eigenvalue weighted by atomic mass is 10.1. The molecule has 0 unspecified atom stereocenters. The second-order valence-corrected chi connectivity index (χ2v) is 4.01. The first-order valence-electron chi connectivity index (χ1n) is 5.36. The third-order valence-electron chi connectivity index (χ3n) is 2.81. The van der Waals surface area contributed by atoms with Crippen molar-refractivity contribution < 1.29 is 28.5 Å². The van der Waals surface area contributed by atoms with Crippen molar-refractivity contribution >= 4 is 12.1 Å². The summed E-state index contributed by atoms with van der Waals surface area (Å²) in [6.45, 7) is 2.04. The average Bonchev–Trinajstić information content (AvgIpc) is 2.83. The first kappa shape index (κ1) is 12.1. The Morgan fingerprint density at radius 3 is 2.59 bits per heavy atom. The Bertz CT molecular complexity index is 320. The van der Waals surface area contributed by atoms with Crippen LogP contribution in [0.5, 0.6) is 0 Å². The second kappa shape index (κ2) is 4.89. The smallest absolute Gasteiger partial charge is 0.438 e. The van der Waals surface area contributed by atoms with E-state index in [1.54, 1.807) is 0 Å². The molecule has 0 aromatic carbocycles. The van der Waals surface area contributed by atoms with Crippen molar-refractivity contribution in [2.24, 2.45) is 0 Å². The molecule has 2 heterocycles. The van der Waals surface area contributed by atoms with Crippen LogP contribution in [-0.2, 0) is 23.7 Å². The van der Waals surface area contributed by atoms with Gasteiger partial charge < -0.3 is 24.3 Å². The Labute approximate surface area is 98.3 Å². The zero-order chi connectivity index (χ0) is 12.4. The Morgan fingerprint density at radius 2 is 1.94 bits per heavy atom. The minimum Gasteiger partial charge on any atom is -0.438 e. The van der Waals surface area contributed by atoms with E-state index in [0.717, 1.165) is 0 Å². The summed E-state index contributed by atoms with van der Waals surface area (Å²) in [5, 5.41) is 2.74. The van der Waals surface area contributed by atoms with Gasteiger partial charge in [0, 0.05) is 6.92 Å². The number of ether oxygens (including phenoxy) is 4. The molecule has 96 valence electrons. The van der Waals surface area contributed by atoms with Crippen molar-refractivity contribution in [3.63, 3.8) is 0 Å². The highest BCUT2D eigenvalue weighted by molar-refractivity contribution is 5.73. The van der Waals surface area contributed by atoms with Crippen molar-refractivity contribution in [1.29, 1.82) is 0 Å². The maximum absolute atomic E-state index is 11.0. The minimum absolute atomic E-state index is 0.139. The molecule has 0 spiro atoms. The van der Waals surface area contributed by atoms with Gasteiger partial charge in [0.2, 0.25) is 5.91 Å². The van der Waals surface area contributed by atoms with Gasteiger partial charge in [-0.05, 0) is 0 Å². The molecule has 2 rings (SSSR count). The van der Waals surface area contributed by atoms with Crippen LogP contribution in [0.2, 0.25) is 0 Å². The Hall–Kier alpha value is -1.34. The number of fused-ring (bicyclic) bond motifs is 1. The van der Waals surface area contributed by atoms with E-state index in [1.165, 1.54) is 14.0 Å². The summed E-state index contributed by atoms with van der Waals surface area (Å²) in [6.07, 6.45) is -1.85. The summed E-state index contributed by atoms with van der Waals surface area (Å²) in [5.74, 6) is -0.139. The van der Waals surface area contributed by atoms with Gasteiger partial charge in [-0.3, -0.25) is 4.79 Å². The summed E-state index contributed by atoms with van der Waals surface area (Å²) in [5.41, 5.74) is 0. The molecule has 17 heavy (non-hydrogen) atoms. The normalized spacial score (nSPS) is 35.2. The van der Waals surface area contributed by atoms with Gasteiger partial charge >= 0.3 is 6.16 Å². The Balaban J connectivity index is 1.92. The van der Waals surface area contributed by atoms with Crippen LogP contribution in [0.3, 0.4) is 0 Å². The van der Waals surface area contributed by atoms with Crippen LogP contribution in [0.1, 0.15) is 6.92 Å². The standard InChI is InChI=1S/C10H15NO6/c1-5(12)11-6-3-15-9-7(4-16-8(6)9)17-10(13)14-2/h6-9H,3-4H2,1-2H3,(H,11,12)/t6-,7+,8+,9+/m0/s1. The topological polar surface area (TPSA) is 83.1 Å². The fourth-order valence-corrected chi connectivity index (χ4v) is 2.12. The van der Waals surface area contributed by atoms with Gasteiger partial charge in [-0.2, -0.15) is 0 Å². The van der Waals surface area contributed by atoms with E-state index < -0.39 is 12.3 Å². The molecule has 4 atom stereocenters. The molecule has 7 heteroatoms. The SMILES string of the molecule is COC(=O)O[C@@H]1CO[C@H]2[C@@H]1OC[C@@H]2NC(C)=O. The van der Waals surface area contributed by atoms with Crippen LogP contribution in [0, 0.1) is 0 Å². The zero-order valence-corrected chi connectivity index (χ0v) is 9.67. The molecule has 0 radical (unpaired) electrons. The van der Waals surface area contributed by atoms with Crippen LogP contribution in [0.15, 0.2) is 0 Å². The summed E-state index contributed by atoms with van der Waals surface area (Å²) in [4.78, 5) is 22.0. The molecule has 0 saturated carbocycles. The highest BCUT2D eigenvalue weighted by atomic mass is 16.7. The van der Waals surface area contributed by atoms with E-state index in [9.17, 15) is 9.59 Å². The van der Waals surface area contributed by atoms with E-state index in [4.69, 9.17) is 14.2 Å².